The molecule has 7 rings (SSSR count). The summed E-state index contributed by atoms with van der Waals surface area (Å²) in [6, 6.07) is 20.8. The van der Waals surface area contributed by atoms with Gasteiger partial charge in [0.15, 0.2) is 0 Å². The molecule has 5 aliphatic carbocycles. The van der Waals surface area contributed by atoms with Gasteiger partial charge in [0.05, 0.1) is 0 Å². The molecule has 37 heavy (non-hydrogen) atoms. The fraction of sp³-hybridized carbons (Fsp3) is 0.529. The Morgan fingerprint density at radius 3 is 1.51 bits per heavy atom. The van der Waals surface area contributed by atoms with E-state index in [1.54, 1.807) is 0 Å². The molecule has 4 saturated carbocycles. The number of rotatable bonds is 1. The topological polar surface area (TPSA) is 23.8 Å². The van der Waals surface area contributed by atoms with Crippen LogP contribution in [-0.2, 0) is 25.8 Å². The molecule has 4 bridgehead atoms. The molecule has 1 radical (unpaired) electrons. The Bertz CT molecular complexity index is 955. The molecular formula is C34H48GeHfN-2. The maximum atomic E-state index is 8.34. The van der Waals surface area contributed by atoms with Gasteiger partial charge in [0.2, 0.25) is 0 Å². The Morgan fingerprint density at radius 1 is 0.811 bits per heavy atom. The summed E-state index contributed by atoms with van der Waals surface area (Å²) >= 11 is 0.312. The van der Waals surface area contributed by atoms with E-state index in [9.17, 15) is 0 Å². The van der Waals surface area contributed by atoms with E-state index in [0.717, 1.165) is 11.8 Å². The summed E-state index contributed by atoms with van der Waals surface area (Å²) in [5.41, 5.74) is 15.7. The monoisotopic (exact) mass is 724 g/mol. The molecule has 0 aromatic heterocycles. The van der Waals surface area contributed by atoms with Crippen LogP contribution in [0.15, 0.2) is 77.4 Å². The second-order valence-corrected chi connectivity index (χ2v) is 14.6. The third-order valence-corrected chi connectivity index (χ3v) is 8.47. The van der Waals surface area contributed by atoms with E-state index in [2.05, 4.69) is 101 Å². The Balaban J connectivity index is 0.000000185. The molecule has 3 unspecified atom stereocenters. The fourth-order valence-electron chi connectivity index (χ4n) is 7.14. The zero-order chi connectivity index (χ0) is 26.3. The molecule has 199 valence electrons. The minimum absolute atomic E-state index is 0. The van der Waals surface area contributed by atoms with Crippen LogP contribution in [0.3, 0.4) is 0 Å². The Kier molecular flexibility index (Phi) is 12.8. The summed E-state index contributed by atoms with van der Waals surface area (Å²) in [7, 11) is 0. The number of allylic oxidation sites excluding steroid dienone is 4. The molecule has 1 N–H and O–H groups in total. The molecule has 3 heteroatoms. The van der Waals surface area contributed by atoms with Gasteiger partial charge in [0.1, 0.15) is 0 Å². The molecule has 2 aromatic carbocycles. The Morgan fingerprint density at radius 2 is 1.24 bits per heavy atom. The number of nitrogens with one attached hydrogen (secondary N) is 1. The normalized spacial score (nSPS) is 30.5. The van der Waals surface area contributed by atoms with Crippen molar-refractivity contribution in [2.24, 2.45) is 23.2 Å². The second-order valence-electron chi connectivity index (χ2n) is 12.2. The first-order valence-electron chi connectivity index (χ1n) is 14.0. The van der Waals surface area contributed by atoms with Gasteiger partial charge in [-0.15, -0.1) is 12.5 Å². The van der Waals surface area contributed by atoms with E-state index in [4.69, 9.17) is 5.73 Å². The molecule has 5 aliphatic rings. The van der Waals surface area contributed by atoms with Crippen molar-refractivity contribution in [1.29, 1.82) is 0 Å². The van der Waals surface area contributed by atoms with Crippen LogP contribution in [0.1, 0.15) is 73.1 Å². The first kappa shape index (κ1) is 32.5. The largest absolute Gasteiger partial charge is 0.0622 e. The van der Waals surface area contributed by atoms with Gasteiger partial charge in [0, 0.05) is 25.8 Å². The van der Waals surface area contributed by atoms with Gasteiger partial charge in [-0.05, 0) is 47.6 Å². The molecule has 0 spiro atoms. The van der Waals surface area contributed by atoms with E-state index in [-0.39, 0.29) is 31.4 Å². The third kappa shape index (κ3) is 9.18. The minimum Gasteiger partial charge on any atom is -0.0622 e. The molecule has 3 atom stereocenters. The van der Waals surface area contributed by atoms with Crippen LogP contribution in [0, 0.1) is 29.2 Å². The molecule has 0 heterocycles. The van der Waals surface area contributed by atoms with Crippen LogP contribution in [-0.4, -0.2) is 21.0 Å². The average molecular weight is 722 g/mol. The summed E-state index contributed by atoms with van der Waals surface area (Å²) in [6.45, 7) is 11.1. The molecule has 2 aromatic rings. The first-order chi connectivity index (χ1) is 17.1. The zero-order valence-electron chi connectivity index (χ0n) is 24.3. The molecule has 1 nitrogen and oxygen atoms in total. The van der Waals surface area contributed by atoms with Crippen LogP contribution < -0.4 is 0 Å². The van der Waals surface area contributed by atoms with Gasteiger partial charge in [-0.3, -0.25) is 6.08 Å². The fourth-order valence-corrected chi connectivity index (χ4v) is 7.14. The predicted octanol–water partition coefficient (Wildman–Crippen LogP) is 9.99. The van der Waals surface area contributed by atoms with E-state index in [0.29, 0.717) is 26.8 Å². The van der Waals surface area contributed by atoms with Crippen molar-refractivity contribution in [3.63, 3.8) is 0 Å². The van der Waals surface area contributed by atoms with Crippen LogP contribution >= 0.6 is 0 Å². The maximum Gasteiger partial charge on any atom is 0 e. The van der Waals surface area contributed by atoms with E-state index < -0.39 is 0 Å². The third-order valence-electron chi connectivity index (χ3n) is 8.47. The number of benzene rings is 2. The first-order valence-corrected chi connectivity index (χ1v) is 18.8. The molecular weight excluding hydrogens is 673 g/mol. The maximum absolute atomic E-state index is 8.34. The van der Waals surface area contributed by atoms with Gasteiger partial charge < -0.3 is 5.73 Å². The van der Waals surface area contributed by atoms with Crippen LogP contribution in [0.25, 0.3) is 16.9 Å². The Labute approximate surface area is 253 Å². The smallest absolute Gasteiger partial charge is 0 e. The van der Waals surface area contributed by atoms with Crippen LogP contribution in [0.2, 0.25) is 11.5 Å². The van der Waals surface area contributed by atoms with Crippen molar-refractivity contribution >= 4 is 15.4 Å². The van der Waals surface area contributed by atoms with Crippen molar-refractivity contribution < 1.29 is 25.8 Å². The van der Waals surface area contributed by atoms with E-state index in [1.807, 2.05) is 12.1 Å². The van der Waals surface area contributed by atoms with Gasteiger partial charge in [0.25, 0.3) is 0 Å². The van der Waals surface area contributed by atoms with E-state index in [1.165, 1.54) is 66.4 Å². The van der Waals surface area contributed by atoms with E-state index >= 15 is 0 Å². The van der Waals surface area contributed by atoms with Crippen LogP contribution in [0.4, 0.5) is 0 Å². The standard InChI is InChI=1S/C12H10.C11H18N.C9H13.C2H7Ge.Hf/c1-3-7-11(8-4-1)12-9-5-2-6-10-12;1-10-3-8-2-9(4-10)6-11(12,5-8)7-10;1-6-5-7(2)9(4)8(6)3;1-3-2;/h1-10H;8-9,12H,2-7H2,1H3;6H,1-4H3;3H,1-2H3;/q;2*-1;;. The van der Waals surface area contributed by atoms with Crippen molar-refractivity contribution in [3.8, 4) is 11.1 Å². The summed E-state index contributed by atoms with van der Waals surface area (Å²) in [5.74, 6) is 6.97. The van der Waals surface area contributed by atoms with Crippen molar-refractivity contribution in [2.75, 3.05) is 0 Å². The van der Waals surface area contributed by atoms with Gasteiger partial charge in [-0.2, -0.15) is 11.1 Å². The summed E-state index contributed by atoms with van der Waals surface area (Å²) in [4.78, 5) is 0. The summed E-state index contributed by atoms with van der Waals surface area (Å²) in [6.07, 6.45) is 11.3. The van der Waals surface area contributed by atoms with Crippen molar-refractivity contribution in [3.05, 3.63) is 89.2 Å². The molecule has 0 aliphatic heterocycles. The summed E-state index contributed by atoms with van der Waals surface area (Å²) < 4.78 is 0. The SMILES string of the molecule is CC12CC3CC(C1)CC([NH-])(C3)C2.CC1=[C-]C(C)C(C)=C1C.[CH3][GeH][CH3].[Hf].c1ccc(-c2ccccc2)cc1. The predicted molar refractivity (Wildman–Crippen MR) is 161 cm³/mol. The second kappa shape index (κ2) is 14.6. The van der Waals surface area contributed by atoms with Gasteiger partial charge in [-0.1, -0.05) is 114 Å². The molecule has 4 fully saturated rings. The number of hydrogen-bond donors (Lipinski definition) is 0. The van der Waals surface area contributed by atoms with Crippen LogP contribution in [0.5, 0.6) is 0 Å². The quantitative estimate of drug-likeness (QED) is 0.207. The van der Waals surface area contributed by atoms with Crippen molar-refractivity contribution in [1.82, 2.24) is 0 Å². The zero-order valence-corrected chi connectivity index (χ0v) is 30.3. The van der Waals surface area contributed by atoms with Gasteiger partial charge in [-0.25, -0.2) is 5.57 Å². The number of hydrogen-bond acceptors (Lipinski definition) is 0. The van der Waals surface area contributed by atoms with Crippen molar-refractivity contribution in [2.45, 2.75) is 90.2 Å². The molecule has 0 amide bonds. The molecule has 0 saturated heterocycles. The summed E-state index contributed by atoms with van der Waals surface area (Å²) in [5, 5.41) is 0. The Hall–Kier alpha value is -0.707. The average Bonchev–Trinajstić information content (AvgIpc) is 3.04. The minimum atomic E-state index is 0. The van der Waals surface area contributed by atoms with Gasteiger partial charge >= 0.3 is 26.9 Å².